The second-order valence-electron chi connectivity index (χ2n) is 6.43. The maximum atomic E-state index is 12.5. The first-order valence-electron chi connectivity index (χ1n) is 8.92. The molecule has 8 heteroatoms. The Labute approximate surface area is 169 Å². The van der Waals surface area contributed by atoms with E-state index in [-0.39, 0.29) is 11.9 Å². The lowest BCUT2D eigenvalue weighted by Gasteiger charge is -2.05. The number of fused-ring (bicyclic) bond motifs is 2. The SMILES string of the molecule is Cc1nc2cc(NC(=O)c3nnc(Nc4cccc5ccccc45)o3)ccc2s1. The van der Waals surface area contributed by atoms with Crippen molar-refractivity contribution in [2.75, 3.05) is 10.6 Å². The zero-order valence-corrected chi connectivity index (χ0v) is 16.2. The third-order valence-electron chi connectivity index (χ3n) is 4.40. The Morgan fingerprint density at radius 3 is 2.83 bits per heavy atom. The van der Waals surface area contributed by atoms with Gasteiger partial charge in [-0.3, -0.25) is 4.79 Å². The monoisotopic (exact) mass is 401 g/mol. The van der Waals surface area contributed by atoms with Gasteiger partial charge in [-0.2, -0.15) is 0 Å². The number of aromatic nitrogens is 3. The fraction of sp³-hybridized carbons (Fsp3) is 0.0476. The number of rotatable bonds is 4. The molecular formula is C21H15N5O2S. The van der Waals surface area contributed by atoms with Gasteiger partial charge < -0.3 is 15.1 Å². The van der Waals surface area contributed by atoms with Crippen LogP contribution in [0.2, 0.25) is 0 Å². The van der Waals surface area contributed by atoms with E-state index in [0.717, 1.165) is 31.7 Å². The van der Waals surface area contributed by atoms with E-state index in [0.29, 0.717) is 5.69 Å². The van der Waals surface area contributed by atoms with Crippen LogP contribution in [0.1, 0.15) is 15.7 Å². The Kier molecular flexibility index (Phi) is 4.18. The molecule has 0 spiro atoms. The van der Waals surface area contributed by atoms with Crippen LogP contribution in [-0.4, -0.2) is 21.1 Å². The molecule has 5 aromatic rings. The lowest BCUT2D eigenvalue weighted by atomic mass is 10.1. The zero-order chi connectivity index (χ0) is 19.8. The van der Waals surface area contributed by atoms with Crippen molar-refractivity contribution < 1.29 is 9.21 Å². The van der Waals surface area contributed by atoms with Gasteiger partial charge >= 0.3 is 17.8 Å². The number of benzene rings is 3. The Bertz CT molecular complexity index is 1350. The Balaban J connectivity index is 1.35. The molecule has 29 heavy (non-hydrogen) atoms. The van der Waals surface area contributed by atoms with E-state index in [9.17, 15) is 4.79 Å². The summed E-state index contributed by atoms with van der Waals surface area (Å²) in [5.41, 5.74) is 2.28. The van der Waals surface area contributed by atoms with Gasteiger partial charge in [0.25, 0.3) is 0 Å². The highest BCUT2D eigenvalue weighted by Gasteiger charge is 2.16. The smallest absolute Gasteiger partial charge is 0.320 e. The van der Waals surface area contributed by atoms with Crippen LogP contribution in [0.25, 0.3) is 21.0 Å². The highest BCUT2D eigenvalue weighted by molar-refractivity contribution is 7.18. The number of hydrogen-bond donors (Lipinski definition) is 2. The van der Waals surface area contributed by atoms with Crippen molar-refractivity contribution in [3.8, 4) is 0 Å². The van der Waals surface area contributed by atoms with Crippen molar-refractivity contribution in [2.45, 2.75) is 6.92 Å². The molecule has 2 N–H and O–H groups in total. The van der Waals surface area contributed by atoms with Gasteiger partial charge in [0.1, 0.15) is 0 Å². The number of hydrogen-bond acceptors (Lipinski definition) is 7. The molecule has 0 saturated carbocycles. The molecule has 2 aromatic heterocycles. The van der Waals surface area contributed by atoms with E-state index >= 15 is 0 Å². The molecular weight excluding hydrogens is 386 g/mol. The van der Waals surface area contributed by atoms with E-state index in [1.807, 2.05) is 67.6 Å². The van der Waals surface area contributed by atoms with Crippen molar-refractivity contribution >= 4 is 55.6 Å². The lowest BCUT2D eigenvalue weighted by molar-refractivity contribution is 0.0991. The van der Waals surface area contributed by atoms with Crippen molar-refractivity contribution in [3.63, 3.8) is 0 Å². The van der Waals surface area contributed by atoms with Crippen LogP contribution >= 0.6 is 11.3 Å². The van der Waals surface area contributed by atoms with E-state index < -0.39 is 5.91 Å². The van der Waals surface area contributed by atoms with E-state index in [1.165, 1.54) is 0 Å². The van der Waals surface area contributed by atoms with Gasteiger partial charge in [-0.25, -0.2) is 4.98 Å². The predicted molar refractivity (Wildman–Crippen MR) is 114 cm³/mol. The molecule has 0 aliphatic heterocycles. The van der Waals surface area contributed by atoms with Crippen LogP contribution in [0.5, 0.6) is 0 Å². The van der Waals surface area contributed by atoms with E-state index in [4.69, 9.17) is 4.42 Å². The topological polar surface area (TPSA) is 92.9 Å². The van der Waals surface area contributed by atoms with Gasteiger partial charge in [0, 0.05) is 11.1 Å². The molecule has 0 fully saturated rings. The fourth-order valence-electron chi connectivity index (χ4n) is 3.12. The van der Waals surface area contributed by atoms with Crippen LogP contribution in [0.3, 0.4) is 0 Å². The zero-order valence-electron chi connectivity index (χ0n) is 15.3. The maximum absolute atomic E-state index is 12.5. The van der Waals surface area contributed by atoms with Crippen LogP contribution in [0.4, 0.5) is 17.4 Å². The van der Waals surface area contributed by atoms with Crippen LogP contribution in [-0.2, 0) is 0 Å². The van der Waals surface area contributed by atoms with Crippen molar-refractivity contribution in [1.82, 2.24) is 15.2 Å². The molecule has 0 radical (unpaired) electrons. The van der Waals surface area contributed by atoms with Crippen LogP contribution in [0, 0.1) is 6.92 Å². The molecule has 142 valence electrons. The van der Waals surface area contributed by atoms with Gasteiger partial charge in [-0.1, -0.05) is 41.5 Å². The molecule has 3 aromatic carbocycles. The molecule has 0 aliphatic rings. The molecule has 0 bridgehead atoms. The van der Waals surface area contributed by atoms with Crippen molar-refractivity contribution in [3.05, 3.63) is 71.6 Å². The highest BCUT2D eigenvalue weighted by Crippen LogP contribution is 2.27. The lowest BCUT2D eigenvalue weighted by Crippen LogP contribution is -2.12. The summed E-state index contributed by atoms with van der Waals surface area (Å²) < 4.78 is 6.57. The minimum Gasteiger partial charge on any atom is -0.399 e. The fourth-order valence-corrected chi connectivity index (χ4v) is 3.93. The number of nitrogens with zero attached hydrogens (tertiary/aromatic N) is 3. The summed E-state index contributed by atoms with van der Waals surface area (Å²) in [6.45, 7) is 1.95. The second-order valence-corrected chi connectivity index (χ2v) is 7.67. The van der Waals surface area contributed by atoms with E-state index in [1.54, 1.807) is 11.3 Å². The number of aryl methyl sites for hydroxylation is 1. The normalized spacial score (nSPS) is 11.1. The van der Waals surface area contributed by atoms with Gasteiger partial charge in [0.15, 0.2) is 0 Å². The average molecular weight is 401 g/mol. The Morgan fingerprint density at radius 1 is 1.03 bits per heavy atom. The summed E-state index contributed by atoms with van der Waals surface area (Å²) in [6.07, 6.45) is 0. The average Bonchev–Trinajstić information content (AvgIpc) is 3.33. The van der Waals surface area contributed by atoms with Gasteiger partial charge in [0.05, 0.1) is 20.9 Å². The number of thiazole rings is 1. The molecule has 1 amide bonds. The highest BCUT2D eigenvalue weighted by atomic mass is 32.1. The van der Waals surface area contributed by atoms with Crippen LogP contribution in [0.15, 0.2) is 65.1 Å². The largest absolute Gasteiger partial charge is 0.399 e. The third-order valence-corrected chi connectivity index (χ3v) is 5.35. The summed E-state index contributed by atoms with van der Waals surface area (Å²) in [6, 6.07) is 19.6. The minimum atomic E-state index is -0.477. The Morgan fingerprint density at radius 2 is 1.90 bits per heavy atom. The van der Waals surface area contributed by atoms with E-state index in [2.05, 4.69) is 25.8 Å². The van der Waals surface area contributed by atoms with Gasteiger partial charge in [-0.05, 0) is 36.6 Å². The summed E-state index contributed by atoms with van der Waals surface area (Å²) in [5, 5.41) is 16.7. The van der Waals surface area contributed by atoms with Crippen LogP contribution < -0.4 is 10.6 Å². The molecule has 0 aliphatic carbocycles. The summed E-state index contributed by atoms with van der Waals surface area (Å²) in [7, 11) is 0. The third kappa shape index (κ3) is 3.41. The maximum Gasteiger partial charge on any atom is 0.320 e. The first-order valence-corrected chi connectivity index (χ1v) is 9.74. The van der Waals surface area contributed by atoms with Crippen molar-refractivity contribution in [2.24, 2.45) is 0 Å². The minimum absolute atomic E-state index is 0.123. The number of anilines is 3. The number of carbonyl (C=O) groups is 1. The molecule has 5 rings (SSSR count). The molecule has 2 heterocycles. The van der Waals surface area contributed by atoms with Crippen molar-refractivity contribution in [1.29, 1.82) is 0 Å². The standard InChI is InChI=1S/C21H15N5O2S/c1-12-22-17-11-14(9-10-18(17)29-12)23-19(27)20-25-26-21(28-20)24-16-8-4-6-13-5-2-3-7-15(13)16/h2-11H,1H3,(H,23,27)(H,24,26). The number of carbonyl (C=O) groups excluding carboxylic acids is 1. The first-order chi connectivity index (χ1) is 14.2. The second kappa shape index (κ2) is 6.99. The Hall–Kier alpha value is -3.78. The number of amides is 1. The predicted octanol–water partition coefficient (Wildman–Crippen LogP) is 5.14. The molecule has 0 unspecified atom stereocenters. The first kappa shape index (κ1) is 17.3. The summed E-state index contributed by atoms with van der Waals surface area (Å²) >= 11 is 1.61. The summed E-state index contributed by atoms with van der Waals surface area (Å²) in [4.78, 5) is 16.9. The molecule has 0 saturated heterocycles. The van der Waals surface area contributed by atoms with Gasteiger partial charge in [-0.15, -0.1) is 16.4 Å². The molecule has 7 nitrogen and oxygen atoms in total. The summed E-state index contributed by atoms with van der Waals surface area (Å²) in [5.74, 6) is -0.600. The molecule has 0 atom stereocenters. The quantitative estimate of drug-likeness (QED) is 0.433. The number of nitrogens with one attached hydrogen (secondary N) is 2. The van der Waals surface area contributed by atoms with Gasteiger partial charge in [0.2, 0.25) is 0 Å².